The van der Waals surface area contributed by atoms with E-state index in [9.17, 15) is 4.79 Å². The molecule has 1 saturated carbocycles. The molecule has 28 heavy (non-hydrogen) atoms. The number of amides is 1. The Labute approximate surface area is 165 Å². The molecule has 1 aliphatic rings. The summed E-state index contributed by atoms with van der Waals surface area (Å²) < 4.78 is 7.90. The third-order valence-corrected chi connectivity index (χ3v) is 5.61. The van der Waals surface area contributed by atoms with Gasteiger partial charge in [-0.3, -0.25) is 4.79 Å². The van der Waals surface area contributed by atoms with Gasteiger partial charge in [-0.1, -0.05) is 36.2 Å². The molecule has 2 aromatic heterocycles. The topological polar surface area (TPSA) is 73.0 Å². The van der Waals surface area contributed by atoms with Crippen LogP contribution in [-0.4, -0.2) is 20.7 Å². The Hall–Kier alpha value is -2.89. The summed E-state index contributed by atoms with van der Waals surface area (Å²) in [5.74, 6) is 1.68. The molecule has 0 bridgehead atoms. The number of carbonyl (C=O) groups excluding carboxylic acids is 1. The average molecular weight is 378 g/mol. The number of nitrogens with one attached hydrogen (secondary N) is 1. The molecule has 3 aromatic rings. The summed E-state index contributed by atoms with van der Waals surface area (Å²) in [5, 5.41) is 11.4. The second-order valence-corrected chi connectivity index (χ2v) is 7.71. The van der Waals surface area contributed by atoms with Crippen molar-refractivity contribution >= 4 is 5.91 Å². The van der Waals surface area contributed by atoms with Crippen LogP contribution >= 0.6 is 0 Å². The number of aryl methyl sites for hydroxylation is 2. The van der Waals surface area contributed by atoms with E-state index in [-0.39, 0.29) is 12.5 Å². The summed E-state index contributed by atoms with van der Waals surface area (Å²) in [4.78, 5) is 12.5. The number of nitrogens with zero attached hydrogens (tertiary/aromatic N) is 3. The second kappa shape index (κ2) is 7.62. The fourth-order valence-electron chi connectivity index (χ4n) is 3.53. The molecule has 0 unspecified atom stereocenters. The van der Waals surface area contributed by atoms with Crippen LogP contribution < -0.4 is 5.32 Å². The van der Waals surface area contributed by atoms with E-state index in [1.165, 1.54) is 12.0 Å². The number of hydrogen-bond acceptors (Lipinski definition) is 4. The number of aromatic nitrogens is 3. The molecule has 1 amide bonds. The lowest BCUT2D eigenvalue weighted by molar-refractivity contribution is -0.121. The van der Waals surface area contributed by atoms with Gasteiger partial charge in [0.05, 0.1) is 5.56 Å². The Morgan fingerprint density at radius 2 is 1.93 bits per heavy atom. The highest BCUT2D eigenvalue weighted by atomic mass is 16.4. The molecular weight excluding hydrogens is 352 g/mol. The molecule has 0 radical (unpaired) electrons. The van der Waals surface area contributed by atoms with E-state index in [4.69, 9.17) is 4.42 Å². The Balaban J connectivity index is 1.44. The van der Waals surface area contributed by atoms with Crippen molar-refractivity contribution in [2.24, 2.45) is 0 Å². The highest BCUT2D eigenvalue weighted by Crippen LogP contribution is 2.37. The van der Waals surface area contributed by atoms with Crippen molar-refractivity contribution in [1.82, 2.24) is 20.1 Å². The molecule has 0 saturated heterocycles. The van der Waals surface area contributed by atoms with Crippen molar-refractivity contribution in [2.45, 2.75) is 59.0 Å². The van der Waals surface area contributed by atoms with Crippen molar-refractivity contribution in [3.8, 4) is 11.5 Å². The van der Waals surface area contributed by atoms with Gasteiger partial charge in [0.25, 0.3) is 0 Å². The molecule has 2 heterocycles. The minimum absolute atomic E-state index is 0.0189. The first-order valence-electron chi connectivity index (χ1n) is 9.84. The van der Waals surface area contributed by atoms with E-state index in [1.807, 2.05) is 36.6 Å². The van der Waals surface area contributed by atoms with Gasteiger partial charge >= 0.3 is 0 Å². The van der Waals surface area contributed by atoms with Crippen molar-refractivity contribution in [2.75, 3.05) is 0 Å². The first kappa shape index (κ1) is 18.5. The SMILES string of the molecule is Cc1ccc(CNC(=O)Cn2c(C)cc(-c3nnc(C4CCC4)o3)c2C)cc1. The zero-order valence-electron chi connectivity index (χ0n) is 16.7. The monoisotopic (exact) mass is 378 g/mol. The highest BCUT2D eigenvalue weighted by molar-refractivity contribution is 5.76. The van der Waals surface area contributed by atoms with Crippen LogP contribution in [0.15, 0.2) is 34.7 Å². The molecule has 1 fully saturated rings. The van der Waals surface area contributed by atoms with Gasteiger partial charge in [-0.15, -0.1) is 10.2 Å². The van der Waals surface area contributed by atoms with Crippen molar-refractivity contribution in [3.05, 3.63) is 58.7 Å². The van der Waals surface area contributed by atoms with Crippen molar-refractivity contribution < 1.29 is 9.21 Å². The molecule has 4 rings (SSSR count). The van der Waals surface area contributed by atoms with Crippen molar-refractivity contribution in [1.29, 1.82) is 0 Å². The predicted octanol–water partition coefficient (Wildman–Crippen LogP) is 4.05. The largest absolute Gasteiger partial charge is 0.420 e. The normalized spacial score (nSPS) is 14.1. The maximum Gasteiger partial charge on any atom is 0.249 e. The van der Waals surface area contributed by atoms with Crippen LogP contribution in [0, 0.1) is 20.8 Å². The third kappa shape index (κ3) is 3.72. The molecule has 0 aliphatic heterocycles. The van der Waals surface area contributed by atoms with Crippen LogP contribution in [0.25, 0.3) is 11.5 Å². The molecule has 1 N–H and O–H groups in total. The van der Waals surface area contributed by atoms with Crippen LogP contribution in [-0.2, 0) is 17.9 Å². The number of hydrogen-bond donors (Lipinski definition) is 1. The van der Waals surface area contributed by atoms with E-state index in [0.29, 0.717) is 18.4 Å². The van der Waals surface area contributed by atoms with Gasteiger partial charge < -0.3 is 14.3 Å². The molecule has 1 aliphatic carbocycles. The van der Waals surface area contributed by atoms with Gasteiger partial charge in [-0.25, -0.2) is 0 Å². The average Bonchev–Trinajstić information content (AvgIpc) is 3.20. The van der Waals surface area contributed by atoms with E-state index in [0.717, 1.165) is 41.2 Å². The fourth-order valence-corrected chi connectivity index (χ4v) is 3.53. The third-order valence-electron chi connectivity index (χ3n) is 5.61. The maximum absolute atomic E-state index is 12.5. The standard InChI is InChI=1S/C22H26N4O2/c1-14-7-9-17(10-8-14)12-23-20(27)13-26-15(2)11-19(16(26)3)22-25-24-21(28-22)18-5-4-6-18/h7-11,18H,4-6,12-13H2,1-3H3,(H,23,27). The van der Waals surface area contributed by atoms with Crippen LogP contribution in [0.1, 0.15) is 53.6 Å². The Kier molecular flexibility index (Phi) is 5.03. The Morgan fingerprint density at radius 3 is 2.61 bits per heavy atom. The van der Waals surface area contributed by atoms with Crippen LogP contribution in [0.4, 0.5) is 0 Å². The summed E-state index contributed by atoms with van der Waals surface area (Å²) in [7, 11) is 0. The number of rotatable bonds is 6. The zero-order chi connectivity index (χ0) is 19.7. The van der Waals surface area contributed by atoms with Crippen molar-refractivity contribution in [3.63, 3.8) is 0 Å². The summed E-state index contributed by atoms with van der Waals surface area (Å²) >= 11 is 0. The molecule has 6 nitrogen and oxygen atoms in total. The van der Waals surface area contributed by atoms with Gasteiger partial charge in [-0.05, 0) is 45.2 Å². The molecule has 0 spiro atoms. The number of carbonyl (C=O) groups is 1. The van der Waals surface area contributed by atoms with Gasteiger partial charge in [0.2, 0.25) is 17.7 Å². The molecular formula is C22H26N4O2. The lowest BCUT2D eigenvalue weighted by Crippen LogP contribution is -2.27. The lowest BCUT2D eigenvalue weighted by Gasteiger charge is -2.20. The first-order valence-corrected chi connectivity index (χ1v) is 9.84. The van der Waals surface area contributed by atoms with E-state index >= 15 is 0 Å². The fraction of sp³-hybridized carbons (Fsp3) is 0.409. The smallest absolute Gasteiger partial charge is 0.249 e. The van der Waals surface area contributed by atoms with Crippen LogP contribution in [0.5, 0.6) is 0 Å². The Bertz CT molecular complexity index is 981. The van der Waals surface area contributed by atoms with Gasteiger partial charge in [-0.2, -0.15) is 0 Å². The number of benzene rings is 1. The van der Waals surface area contributed by atoms with Crippen LogP contribution in [0.2, 0.25) is 0 Å². The van der Waals surface area contributed by atoms with Gasteiger partial charge in [0.1, 0.15) is 6.54 Å². The highest BCUT2D eigenvalue weighted by Gasteiger charge is 2.26. The summed E-state index contributed by atoms with van der Waals surface area (Å²) in [6.07, 6.45) is 3.48. The second-order valence-electron chi connectivity index (χ2n) is 7.71. The van der Waals surface area contributed by atoms with E-state index < -0.39 is 0 Å². The first-order chi connectivity index (χ1) is 13.5. The van der Waals surface area contributed by atoms with Crippen LogP contribution in [0.3, 0.4) is 0 Å². The molecule has 146 valence electrons. The summed E-state index contributed by atoms with van der Waals surface area (Å²) in [6.45, 7) is 6.83. The molecule has 1 aromatic carbocycles. The lowest BCUT2D eigenvalue weighted by atomic mass is 9.85. The summed E-state index contributed by atoms with van der Waals surface area (Å²) in [5.41, 5.74) is 5.17. The Morgan fingerprint density at radius 1 is 1.18 bits per heavy atom. The maximum atomic E-state index is 12.5. The summed E-state index contributed by atoms with van der Waals surface area (Å²) in [6, 6.07) is 10.2. The predicted molar refractivity (Wildman–Crippen MR) is 107 cm³/mol. The van der Waals surface area contributed by atoms with E-state index in [1.54, 1.807) is 0 Å². The minimum Gasteiger partial charge on any atom is -0.420 e. The quantitative estimate of drug-likeness (QED) is 0.702. The van der Waals surface area contributed by atoms with E-state index in [2.05, 4.69) is 34.6 Å². The molecule has 0 atom stereocenters. The molecule has 6 heteroatoms. The minimum atomic E-state index is -0.0189. The zero-order valence-corrected chi connectivity index (χ0v) is 16.7. The van der Waals surface area contributed by atoms with Gasteiger partial charge in [0, 0.05) is 23.9 Å². The van der Waals surface area contributed by atoms with Gasteiger partial charge in [0.15, 0.2) is 0 Å².